The Bertz CT molecular complexity index is 1130. The first kappa shape index (κ1) is 22.8. The third kappa shape index (κ3) is 5.06. The van der Waals surface area contributed by atoms with Crippen molar-refractivity contribution in [2.75, 3.05) is 20.2 Å². The van der Waals surface area contributed by atoms with Gasteiger partial charge in [0.15, 0.2) is 0 Å². The van der Waals surface area contributed by atoms with Crippen molar-refractivity contribution < 1.29 is 14.3 Å². The molecule has 0 aliphatic rings. The first-order valence-corrected chi connectivity index (χ1v) is 10.4. The summed E-state index contributed by atoms with van der Waals surface area (Å²) in [5.41, 5.74) is 2.07. The van der Waals surface area contributed by atoms with Crippen LogP contribution < -0.4 is 10.1 Å². The van der Waals surface area contributed by atoms with E-state index in [1.807, 2.05) is 35.8 Å². The third-order valence-electron chi connectivity index (χ3n) is 5.10. The number of hydrogen-bond acceptors (Lipinski definition) is 4. The fourth-order valence-corrected chi connectivity index (χ4v) is 3.52. The summed E-state index contributed by atoms with van der Waals surface area (Å²) in [5, 5.41) is 2.98. The molecule has 3 rings (SSSR count). The summed E-state index contributed by atoms with van der Waals surface area (Å²) in [6.45, 7) is 10.3. The smallest absolute Gasteiger partial charge is 0.251 e. The number of imidazole rings is 1. The quantitative estimate of drug-likeness (QED) is 0.495. The number of methoxy groups -OCH3 is 1. The van der Waals surface area contributed by atoms with E-state index in [9.17, 15) is 9.59 Å². The Morgan fingerprint density at radius 2 is 1.88 bits per heavy atom. The summed E-state index contributed by atoms with van der Waals surface area (Å²) in [5.74, 6) is 0.877. The maximum atomic E-state index is 13.0. The molecule has 0 fully saturated rings. The topological polar surface area (TPSA) is 76.5 Å². The van der Waals surface area contributed by atoms with Crippen LogP contribution in [0.5, 0.6) is 5.75 Å². The monoisotopic (exact) mass is 432 g/mol. The summed E-state index contributed by atoms with van der Waals surface area (Å²) in [4.78, 5) is 32.2. The van der Waals surface area contributed by atoms with Crippen LogP contribution in [0.4, 0.5) is 0 Å². The van der Waals surface area contributed by atoms with Gasteiger partial charge in [-0.05, 0) is 37.3 Å². The van der Waals surface area contributed by atoms with E-state index < -0.39 is 6.04 Å². The van der Waals surface area contributed by atoms with Crippen molar-refractivity contribution in [2.24, 2.45) is 0 Å². The van der Waals surface area contributed by atoms with Crippen LogP contribution in [0.1, 0.15) is 29.1 Å². The van der Waals surface area contributed by atoms with E-state index in [0.717, 1.165) is 11.0 Å². The zero-order valence-corrected chi connectivity index (χ0v) is 18.5. The first-order valence-electron chi connectivity index (χ1n) is 10.4. The molecule has 0 spiro atoms. The molecule has 0 radical (unpaired) electrons. The largest absolute Gasteiger partial charge is 0.497 e. The zero-order chi connectivity index (χ0) is 23.1. The van der Waals surface area contributed by atoms with Gasteiger partial charge < -0.3 is 19.5 Å². The molecule has 1 unspecified atom stereocenters. The van der Waals surface area contributed by atoms with Crippen molar-refractivity contribution in [3.63, 3.8) is 0 Å². The van der Waals surface area contributed by atoms with E-state index in [4.69, 9.17) is 9.72 Å². The molecule has 7 heteroatoms. The van der Waals surface area contributed by atoms with Crippen molar-refractivity contribution in [1.82, 2.24) is 19.8 Å². The molecule has 0 aliphatic heterocycles. The van der Waals surface area contributed by atoms with Crippen LogP contribution in [0.15, 0.2) is 73.8 Å². The number of nitrogens with zero attached hydrogens (tertiary/aromatic N) is 3. The molecule has 0 saturated heterocycles. The zero-order valence-electron chi connectivity index (χ0n) is 18.5. The van der Waals surface area contributed by atoms with Crippen LogP contribution >= 0.6 is 0 Å². The molecule has 1 aromatic heterocycles. The Morgan fingerprint density at radius 3 is 2.56 bits per heavy atom. The molecule has 2 amide bonds. The Labute approximate surface area is 188 Å². The van der Waals surface area contributed by atoms with Gasteiger partial charge in [-0.15, -0.1) is 13.2 Å². The van der Waals surface area contributed by atoms with Gasteiger partial charge in [0.05, 0.1) is 24.2 Å². The van der Waals surface area contributed by atoms with Crippen molar-refractivity contribution >= 4 is 22.8 Å². The maximum Gasteiger partial charge on any atom is 0.251 e. The molecular weight excluding hydrogens is 404 g/mol. The average molecular weight is 433 g/mol. The molecule has 0 bridgehead atoms. The van der Waals surface area contributed by atoms with Crippen molar-refractivity contribution in [3.8, 4) is 5.75 Å². The molecular formula is C25H28N4O3. The van der Waals surface area contributed by atoms with Crippen LogP contribution in [0.2, 0.25) is 0 Å². The lowest BCUT2D eigenvalue weighted by atomic mass is 10.2. The highest BCUT2D eigenvalue weighted by molar-refractivity contribution is 5.94. The predicted molar refractivity (Wildman–Crippen MR) is 126 cm³/mol. The number of benzene rings is 2. The lowest BCUT2D eigenvalue weighted by molar-refractivity contribution is -0.130. The van der Waals surface area contributed by atoms with Crippen molar-refractivity contribution in [1.29, 1.82) is 0 Å². The number of para-hydroxylation sites is 2. The second kappa shape index (κ2) is 10.4. The van der Waals surface area contributed by atoms with E-state index in [2.05, 4.69) is 18.5 Å². The van der Waals surface area contributed by atoms with Crippen LogP contribution in [0.3, 0.4) is 0 Å². The van der Waals surface area contributed by atoms with Crippen LogP contribution in [0.25, 0.3) is 11.0 Å². The van der Waals surface area contributed by atoms with Gasteiger partial charge in [0.25, 0.3) is 5.91 Å². The minimum atomic E-state index is -0.429. The first-order chi connectivity index (χ1) is 15.5. The van der Waals surface area contributed by atoms with Gasteiger partial charge in [0.1, 0.15) is 18.1 Å². The summed E-state index contributed by atoms with van der Waals surface area (Å²) in [7, 11) is 1.56. The molecule has 0 saturated carbocycles. The van der Waals surface area contributed by atoms with E-state index in [1.165, 1.54) is 0 Å². The molecule has 3 aromatic rings. The minimum Gasteiger partial charge on any atom is -0.497 e. The van der Waals surface area contributed by atoms with E-state index >= 15 is 0 Å². The molecule has 32 heavy (non-hydrogen) atoms. The fraction of sp³-hybridized carbons (Fsp3) is 0.240. The van der Waals surface area contributed by atoms with Gasteiger partial charge in [-0.3, -0.25) is 9.59 Å². The Kier molecular flexibility index (Phi) is 7.44. The molecule has 1 N–H and O–H groups in total. The standard InChI is InChI=1S/C25H28N4O3/c1-5-14-28(15-6-2)23(30)17-29-22-13-8-7-12-21(22)27-24(29)18(3)26-25(31)19-10-9-11-20(16-19)32-4/h5-13,16,18H,1-2,14-15,17H2,3-4H3,(H,26,31). The third-order valence-corrected chi connectivity index (χ3v) is 5.10. The maximum absolute atomic E-state index is 13.0. The van der Waals surface area contributed by atoms with Crippen LogP contribution in [-0.4, -0.2) is 46.5 Å². The van der Waals surface area contributed by atoms with Gasteiger partial charge in [-0.1, -0.05) is 30.4 Å². The number of carbonyl (C=O) groups excluding carboxylic acids is 2. The number of fused-ring (bicyclic) bond motifs is 1. The highest BCUT2D eigenvalue weighted by atomic mass is 16.5. The molecule has 7 nitrogen and oxygen atoms in total. The summed E-state index contributed by atoms with van der Waals surface area (Å²) in [6.07, 6.45) is 3.37. The van der Waals surface area contributed by atoms with Gasteiger partial charge in [-0.2, -0.15) is 0 Å². The Balaban J connectivity index is 1.90. The molecule has 0 aliphatic carbocycles. The molecule has 1 atom stereocenters. The number of aromatic nitrogens is 2. The Morgan fingerprint density at radius 1 is 1.16 bits per heavy atom. The molecule has 166 valence electrons. The Hall–Kier alpha value is -3.87. The van der Waals surface area contributed by atoms with E-state index in [-0.39, 0.29) is 18.4 Å². The SMILES string of the molecule is C=CCN(CC=C)C(=O)Cn1c(C(C)NC(=O)c2cccc(OC)c2)nc2ccccc21. The molecule has 2 aromatic carbocycles. The summed E-state index contributed by atoms with van der Waals surface area (Å²) < 4.78 is 7.06. The number of amides is 2. The van der Waals surface area contributed by atoms with E-state index in [1.54, 1.807) is 48.4 Å². The van der Waals surface area contributed by atoms with Crippen LogP contribution in [0, 0.1) is 0 Å². The van der Waals surface area contributed by atoms with Crippen LogP contribution in [-0.2, 0) is 11.3 Å². The van der Waals surface area contributed by atoms with E-state index in [0.29, 0.717) is 30.2 Å². The number of nitrogens with one attached hydrogen (secondary N) is 1. The van der Waals surface area contributed by atoms with Crippen molar-refractivity contribution in [3.05, 3.63) is 85.2 Å². The predicted octanol–water partition coefficient (Wildman–Crippen LogP) is 3.74. The average Bonchev–Trinajstić information content (AvgIpc) is 3.17. The van der Waals surface area contributed by atoms with Gasteiger partial charge in [-0.25, -0.2) is 4.98 Å². The molecule has 1 heterocycles. The fourth-order valence-electron chi connectivity index (χ4n) is 3.52. The number of ether oxygens (including phenoxy) is 1. The van der Waals surface area contributed by atoms with Gasteiger partial charge in [0.2, 0.25) is 5.91 Å². The van der Waals surface area contributed by atoms with Gasteiger partial charge >= 0.3 is 0 Å². The lowest BCUT2D eigenvalue weighted by Gasteiger charge is -2.22. The number of carbonyl (C=O) groups is 2. The summed E-state index contributed by atoms with van der Waals surface area (Å²) >= 11 is 0. The second-order valence-electron chi connectivity index (χ2n) is 7.35. The summed E-state index contributed by atoms with van der Waals surface area (Å²) in [6, 6.07) is 14.1. The number of rotatable bonds is 10. The minimum absolute atomic E-state index is 0.0828. The number of hydrogen-bond donors (Lipinski definition) is 1. The highest BCUT2D eigenvalue weighted by Crippen LogP contribution is 2.22. The highest BCUT2D eigenvalue weighted by Gasteiger charge is 2.22. The second-order valence-corrected chi connectivity index (χ2v) is 7.35. The van der Waals surface area contributed by atoms with Crippen molar-refractivity contribution in [2.45, 2.75) is 19.5 Å². The normalized spacial score (nSPS) is 11.6. The van der Waals surface area contributed by atoms with Gasteiger partial charge in [0, 0.05) is 18.7 Å². The lowest BCUT2D eigenvalue weighted by Crippen LogP contribution is -2.35.